The Morgan fingerprint density at radius 2 is 2.18 bits per heavy atom. The van der Waals surface area contributed by atoms with Crippen molar-refractivity contribution in [3.05, 3.63) is 46.7 Å². The van der Waals surface area contributed by atoms with Gasteiger partial charge in [-0.25, -0.2) is 14.5 Å². The predicted octanol–water partition coefficient (Wildman–Crippen LogP) is 0.562. The van der Waals surface area contributed by atoms with Crippen LogP contribution < -0.4 is 11.1 Å². The van der Waals surface area contributed by atoms with Gasteiger partial charge in [0.05, 0.1) is 0 Å². The average Bonchev–Trinajstić information content (AvgIpc) is 3.61. The third-order valence-electron chi connectivity index (χ3n) is 5.98. The highest BCUT2D eigenvalue weighted by Crippen LogP contribution is 2.44. The predicted molar refractivity (Wildman–Crippen MR) is 139 cm³/mol. The number of nitrogens with two attached hydrogens (primary N) is 1. The summed E-state index contributed by atoms with van der Waals surface area (Å²) in [5.41, 5.74) is 5.11. The minimum atomic E-state index is -1.22. The van der Waals surface area contributed by atoms with Gasteiger partial charge in [0.1, 0.15) is 34.9 Å². The summed E-state index contributed by atoms with van der Waals surface area (Å²) in [6.45, 7) is -0.0607. The third-order valence-corrected chi connectivity index (χ3v) is 9.38. The first kappa shape index (κ1) is 26.8. The van der Waals surface area contributed by atoms with Crippen LogP contribution in [0.1, 0.15) is 11.3 Å². The molecule has 0 aliphatic carbocycles. The van der Waals surface area contributed by atoms with Crippen LogP contribution in [-0.4, -0.2) is 88.6 Å². The number of hydrogen-bond donors (Lipinski definition) is 4. The van der Waals surface area contributed by atoms with Crippen molar-refractivity contribution < 1.29 is 28.7 Å². The van der Waals surface area contributed by atoms with E-state index in [1.54, 1.807) is 0 Å². The number of benzene rings is 1. The summed E-state index contributed by atoms with van der Waals surface area (Å²) in [6, 6.07) is 4.70. The summed E-state index contributed by atoms with van der Waals surface area (Å²) in [7, 11) is 0. The Morgan fingerprint density at radius 1 is 1.38 bits per heavy atom. The highest BCUT2D eigenvalue weighted by Gasteiger charge is 2.57. The number of tetrazole rings is 1. The first-order valence-corrected chi connectivity index (χ1v) is 14.2. The van der Waals surface area contributed by atoms with Crippen LogP contribution in [0.2, 0.25) is 0 Å². The van der Waals surface area contributed by atoms with E-state index in [0.717, 1.165) is 23.1 Å². The van der Waals surface area contributed by atoms with Crippen molar-refractivity contribution in [1.29, 1.82) is 0 Å². The average molecular weight is 594 g/mol. The van der Waals surface area contributed by atoms with E-state index in [2.05, 4.69) is 36.1 Å². The van der Waals surface area contributed by atoms with E-state index in [-0.39, 0.29) is 41.2 Å². The molecule has 0 bridgehead atoms. The Morgan fingerprint density at radius 3 is 2.85 bits per heavy atom. The van der Waals surface area contributed by atoms with E-state index < -0.39 is 40.4 Å². The van der Waals surface area contributed by atoms with Gasteiger partial charge in [0.15, 0.2) is 10.8 Å². The fraction of sp³-hybridized carbons (Fsp3) is 0.333. The summed E-state index contributed by atoms with van der Waals surface area (Å²) in [6.07, 6.45) is 0. The molecule has 0 radical (unpaired) electrons. The van der Waals surface area contributed by atoms with Crippen molar-refractivity contribution in [3.63, 3.8) is 0 Å². The van der Waals surface area contributed by atoms with Crippen LogP contribution in [0.5, 0.6) is 0 Å². The van der Waals surface area contributed by atoms with Gasteiger partial charge in [-0.3, -0.25) is 14.4 Å². The normalized spacial score (nSPS) is 22.6. The molecule has 2 aliphatic rings. The standard InChI is InChI=1S/C21H20FN9O5S3/c22-11-3-1-10(2-4-11)5-36-28-13(12-6-37-19(23)24-12)15(32)25-14-16(33)31-7-21(18(34)35,8-38-17(14)31)9-39-20-26-29-30-27-20/h1-4,6,14,17H,5,7-9H2,(H2,23,24)(H,25,32)(H,34,35)(H,26,27,29,30)/t14?,17-,21?/m1/s1. The van der Waals surface area contributed by atoms with Gasteiger partial charge in [0, 0.05) is 23.4 Å². The number of nitrogens with one attached hydrogen (secondary N) is 2. The smallest absolute Gasteiger partial charge is 0.313 e. The monoisotopic (exact) mass is 593 g/mol. The number of anilines is 1. The van der Waals surface area contributed by atoms with Gasteiger partial charge in [-0.05, 0) is 28.1 Å². The number of aliphatic carboxylic acids is 1. The van der Waals surface area contributed by atoms with Gasteiger partial charge in [0.25, 0.3) is 5.91 Å². The molecule has 4 heterocycles. The number of carboxylic acids is 1. The fourth-order valence-corrected chi connectivity index (χ4v) is 7.03. The number of carbonyl (C=O) groups excluding carboxylic acids is 2. The highest BCUT2D eigenvalue weighted by atomic mass is 32.2. The fourth-order valence-electron chi connectivity index (χ4n) is 3.89. The first-order valence-electron chi connectivity index (χ1n) is 11.2. The van der Waals surface area contributed by atoms with Gasteiger partial charge >= 0.3 is 5.97 Å². The number of carboxylic acid groups (broad SMARTS) is 1. The maximum atomic E-state index is 13.2. The van der Waals surface area contributed by atoms with Gasteiger partial charge < -0.3 is 25.9 Å². The number of rotatable bonds is 10. The molecule has 5 N–H and O–H groups in total. The Bertz CT molecular complexity index is 1400. The molecule has 1 aromatic carbocycles. The number of aromatic amines is 1. The van der Waals surface area contributed by atoms with Crippen molar-refractivity contribution in [3.8, 4) is 0 Å². The zero-order chi connectivity index (χ0) is 27.6. The molecule has 3 atom stereocenters. The molecule has 14 nitrogen and oxygen atoms in total. The van der Waals surface area contributed by atoms with Crippen molar-refractivity contribution in [2.24, 2.45) is 10.6 Å². The molecule has 39 heavy (non-hydrogen) atoms. The SMILES string of the molecule is Nc1nc(C(=NOCc2ccc(F)cc2)C(=O)NC2C(=O)N3CC(CSc4nnn[nH]4)(C(=O)O)CS[C@H]23)cs1. The number of nitrogen functional groups attached to an aromatic ring is 1. The molecule has 5 rings (SSSR count). The third kappa shape index (κ3) is 5.66. The summed E-state index contributed by atoms with van der Waals surface area (Å²) in [5.74, 6) is -2.20. The van der Waals surface area contributed by atoms with E-state index >= 15 is 0 Å². The Labute approximate surface area is 231 Å². The van der Waals surface area contributed by atoms with E-state index in [4.69, 9.17) is 10.6 Å². The second kappa shape index (κ2) is 11.1. The van der Waals surface area contributed by atoms with Crippen molar-refractivity contribution in [1.82, 2.24) is 35.8 Å². The molecular weight excluding hydrogens is 573 g/mol. The minimum Gasteiger partial charge on any atom is -0.481 e. The lowest BCUT2D eigenvalue weighted by Crippen LogP contribution is -2.74. The second-order valence-corrected chi connectivity index (χ2v) is 11.6. The van der Waals surface area contributed by atoms with E-state index in [1.165, 1.54) is 46.3 Å². The van der Waals surface area contributed by atoms with Gasteiger partial charge in [-0.15, -0.1) is 28.2 Å². The highest BCUT2D eigenvalue weighted by molar-refractivity contribution is 8.00. The van der Waals surface area contributed by atoms with Crippen LogP contribution in [0.3, 0.4) is 0 Å². The molecule has 2 fully saturated rings. The molecule has 2 saturated heterocycles. The molecule has 2 unspecified atom stereocenters. The number of carbonyl (C=O) groups is 3. The number of thiazole rings is 1. The number of hydrogen-bond acceptors (Lipinski definition) is 13. The summed E-state index contributed by atoms with van der Waals surface area (Å²) in [5, 5.41) is 31.5. The summed E-state index contributed by atoms with van der Waals surface area (Å²) < 4.78 is 13.1. The largest absolute Gasteiger partial charge is 0.481 e. The maximum Gasteiger partial charge on any atom is 0.313 e. The van der Waals surface area contributed by atoms with Gasteiger partial charge in [-0.2, -0.15) is 0 Å². The summed E-state index contributed by atoms with van der Waals surface area (Å²) >= 11 is 3.52. The topological polar surface area (TPSA) is 202 Å². The number of β-lactam (4-membered cyclic amide) rings is 1. The Balaban J connectivity index is 1.25. The first-order chi connectivity index (χ1) is 18.8. The number of thioether (sulfide) groups is 2. The number of nitrogens with zero attached hydrogens (tertiary/aromatic N) is 6. The molecule has 0 saturated carbocycles. The molecule has 3 aromatic rings. The molecule has 2 amide bonds. The zero-order valence-corrected chi connectivity index (χ0v) is 22.3. The van der Waals surface area contributed by atoms with Crippen LogP contribution in [0.15, 0.2) is 40.0 Å². The number of aromatic nitrogens is 5. The molecule has 18 heteroatoms. The van der Waals surface area contributed by atoms with Crippen LogP contribution >= 0.6 is 34.9 Å². The number of H-pyrrole nitrogens is 1. The zero-order valence-electron chi connectivity index (χ0n) is 19.8. The lowest BCUT2D eigenvalue weighted by molar-refractivity contribution is -0.157. The van der Waals surface area contributed by atoms with Gasteiger partial charge in [0.2, 0.25) is 11.1 Å². The maximum absolute atomic E-state index is 13.2. The lowest BCUT2D eigenvalue weighted by Gasteiger charge is -2.53. The second-order valence-electron chi connectivity index (χ2n) is 8.61. The Kier molecular flexibility index (Phi) is 7.67. The van der Waals surface area contributed by atoms with Crippen LogP contribution in [0.4, 0.5) is 9.52 Å². The number of oxime groups is 1. The van der Waals surface area contributed by atoms with Crippen LogP contribution in [-0.2, 0) is 25.8 Å². The minimum absolute atomic E-state index is 0.0237. The van der Waals surface area contributed by atoms with Crippen molar-refractivity contribution in [2.75, 3.05) is 23.8 Å². The number of fused-ring (bicyclic) bond motifs is 1. The molecule has 2 aromatic heterocycles. The van der Waals surface area contributed by atoms with Crippen molar-refractivity contribution in [2.45, 2.75) is 23.2 Å². The number of halogens is 1. The van der Waals surface area contributed by atoms with Crippen molar-refractivity contribution >= 4 is 63.5 Å². The van der Waals surface area contributed by atoms with Gasteiger partial charge in [-0.1, -0.05) is 29.1 Å². The molecule has 2 aliphatic heterocycles. The molecular formula is C21H20FN9O5S3. The molecule has 0 spiro atoms. The van der Waals surface area contributed by atoms with Crippen LogP contribution in [0, 0.1) is 11.2 Å². The quantitative estimate of drug-likeness (QED) is 0.110. The Hall–Kier alpha value is -3.77. The van der Waals surface area contributed by atoms with E-state index in [1.807, 2.05) is 0 Å². The number of amides is 2. The van der Waals surface area contributed by atoms with E-state index in [0.29, 0.717) is 10.7 Å². The molecule has 204 valence electrons. The van der Waals surface area contributed by atoms with Crippen LogP contribution in [0.25, 0.3) is 0 Å². The summed E-state index contributed by atoms with van der Waals surface area (Å²) in [4.78, 5) is 49.2. The van der Waals surface area contributed by atoms with E-state index in [9.17, 15) is 23.9 Å². The lowest BCUT2D eigenvalue weighted by atomic mass is 9.89.